The van der Waals surface area contributed by atoms with Crippen molar-refractivity contribution in [2.75, 3.05) is 26.2 Å². The van der Waals surface area contributed by atoms with Gasteiger partial charge in [-0.2, -0.15) is 0 Å². The van der Waals surface area contributed by atoms with E-state index in [1.165, 1.54) is 56.3 Å². The Labute approximate surface area is 110 Å². The Morgan fingerprint density at radius 2 is 1.00 bits per heavy atom. The summed E-state index contributed by atoms with van der Waals surface area (Å²) in [7, 11) is 0. The molecule has 0 amide bonds. The van der Waals surface area contributed by atoms with E-state index in [-0.39, 0.29) is 0 Å². The fraction of sp³-hybridized carbons (Fsp3) is 1.00. The SMILES string of the molecule is CCC[N+](CCC)(CCC(C)C)CCC(C)C. The fourth-order valence-electron chi connectivity index (χ4n) is 2.68. The number of hydrogen-bond acceptors (Lipinski definition) is 0. The van der Waals surface area contributed by atoms with Crippen molar-refractivity contribution >= 4 is 0 Å². The van der Waals surface area contributed by atoms with Crippen LogP contribution in [0.3, 0.4) is 0 Å². The lowest BCUT2D eigenvalue weighted by molar-refractivity contribution is -0.929. The number of quaternary nitrogens is 1. The highest BCUT2D eigenvalue weighted by molar-refractivity contribution is 4.52. The molecule has 0 aliphatic heterocycles. The summed E-state index contributed by atoms with van der Waals surface area (Å²) >= 11 is 0. The molecular weight excluding hydrogens is 206 g/mol. The lowest BCUT2D eigenvalue weighted by Crippen LogP contribution is -2.51. The van der Waals surface area contributed by atoms with Crippen LogP contribution in [0.5, 0.6) is 0 Å². The summed E-state index contributed by atoms with van der Waals surface area (Å²) in [6, 6.07) is 0. The molecule has 0 rings (SSSR count). The molecule has 0 saturated heterocycles. The van der Waals surface area contributed by atoms with Gasteiger partial charge in [-0.3, -0.25) is 0 Å². The van der Waals surface area contributed by atoms with Crippen LogP contribution in [-0.4, -0.2) is 30.7 Å². The molecule has 0 aromatic rings. The molecule has 0 radical (unpaired) electrons. The smallest absolute Gasteiger partial charge is 0.0789 e. The third-order valence-electron chi connectivity index (χ3n) is 3.76. The molecule has 0 saturated carbocycles. The van der Waals surface area contributed by atoms with E-state index >= 15 is 0 Å². The molecule has 0 spiro atoms. The average molecular weight is 242 g/mol. The highest BCUT2D eigenvalue weighted by Crippen LogP contribution is 2.17. The molecule has 1 heteroatoms. The second-order valence-corrected chi connectivity index (χ2v) is 6.60. The van der Waals surface area contributed by atoms with Crippen LogP contribution in [0.1, 0.15) is 67.2 Å². The van der Waals surface area contributed by atoms with Crippen LogP contribution in [0.15, 0.2) is 0 Å². The normalized spacial score (nSPS) is 12.7. The summed E-state index contributed by atoms with van der Waals surface area (Å²) in [4.78, 5) is 0. The van der Waals surface area contributed by atoms with Gasteiger partial charge in [0.25, 0.3) is 0 Å². The van der Waals surface area contributed by atoms with Crippen LogP contribution in [0.4, 0.5) is 0 Å². The van der Waals surface area contributed by atoms with Gasteiger partial charge in [0.05, 0.1) is 26.2 Å². The quantitative estimate of drug-likeness (QED) is 0.486. The molecule has 0 atom stereocenters. The van der Waals surface area contributed by atoms with Gasteiger partial charge in [0.15, 0.2) is 0 Å². The van der Waals surface area contributed by atoms with E-state index in [0.717, 1.165) is 11.8 Å². The maximum Gasteiger partial charge on any atom is 0.0789 e. The number of hydrogen-bond donors (Lipinski definition) is 0. The van der Waals surface area contributed by atoms with Crippen molar-refractivity contribution in [1.82, 2.24) is 0 Å². The van der Waals surface area contributed by atoms with Crippen molar-refractivity contribution in [3.8, 4) is 0 Å². The lowest BCUT2D eigenvalue weighted by Gasteiger charge is -2.39. The second-order valence-electron chi connectivity index (χ2n) is 6.60. The third kappa shape index (κ3) is 7.81. The summed E-state index contributed by atoms with van der Waals surface area (Å²) < 4.78 is 1.38. The molecule has 0 unspecified atom stereocenters. The molecule has 0 fully saturated rings. The maximum absolute atomic E-state index is 2.36. The first-order valence-corrected chi connectivity index (χ1v) is 7.81. The van der Waals surface area contributed by atoms with E-state index in [4.69, 9.17) is 0 Å². The zero-order valence-electron chi connectivity index (χ0n) is 13.3. The Hall–Kier alpha value is -0.0400. The Morgan fingerprint density at radius 3 is 1.24 bits per heavy atom. The minimum Gasteiger partial charge on any atom is -0.324 e. The van der Waals surface area contributed by atoms with Gasteiger partial charge in [0, 0.05) is 0 Å². The van der Waals surface area contributed by atoms with Crippen molar-refractivity contribution in [2.45, 2.75) is 67.2 Å². The number of nitrogens with zero attached hydrogens (tertiary/aromatic N) is 1. The molecule has 0 aliphatic rings. The largest absolute Gasteiger partial charge is 0.324 e. The summed E-state index contributed by atoms with van der Waals surface area (Å²) in [5, 5.41) is 0. The zero-order chi connectivity index (χ0) is 13.3. The van der Waals surface area contributed by atoms with Crippen LogP contribution in [0.25, 0.3) is 0 Å². The Bertz CT molecular complexity index is 152. The summed E-state index contributed by atoms with van der Waals surface area (Å²) in [6.45, 7) is 19.7. The molecule has 0 N–H and O–H groups in total. The first kappa shape index (κ1) is 17.0. The topological polar surface area (TPSA) is 0 Å². The molecule has 104 valence electrons. The van der Waals surface area contributed by atoms with Gasteiger partial charge in [0.1, 0.15) is 0 Å². The standard InChI is InChI=1S/C16H36N/c1-7-11-17(12-8-2,13-9-15(3)4)14-10-16(5)6/h15-16H,7-14H2,1-6H3/q+1. The molecular formula is C16H36N+. The van der Waals surface area contributed by atoms with Crippen LogP contribution in [-0.2, 0) is 0 Å². The van der Waals surface area contributed by atoms with E-state index in [0.29, 0.717) is 0 Å². The minimum atomic E-state index is 0.847. The van der Waals surface area contributed by atoms with Crippen LogP contribution in [0, 0.1) is 11.8 Å². The molecule has 0 bridgehead atoms. The predicted molar refractivity (Wildman–Crippen MR) is 79.2 cm³/mol. The molecule has 1 nitrogen and oxygen atoms in total. The summed E-state index contributed by atoms with van der Waals surface area (Å²) in [5.74, 6) is 1.69. The highest BCUT2D eigenvalue weighted by Gasteiger charge is 2.25. The van der Waals surface area contributed by atoms with Gasteiger partial charge >= 0.3 is 0 Å². The van der Waals surface area contributed by atoms with Crippen LogP contribution < -0.4 is 0 Å². The molecule has 0 aliphatic carbocycles. The summed E-state index contributed by atoms with van der Waals surface area (Å²) in [5.41, 5.74) is 0. The van der Waals surface area contributed by atoms with Gasteiger partial charge in [-0.1, -0.05) is 41.5 Å². The van der Waals surface area contributed by atoms with Gasteiger partial charge in [0.2, 0.25) is 0 Å². The van der Waals surface area contributed by atoms with E-state index in [1.807, 2.05) is 0 Å². The van der Waals surface area contributed by atoms with Gasteiger partial charge in [-0.15, -0.1) is 0 Å². The van der Waals surface area contributed by atoms with Crippen molar-refractivity contribution < 1.29 is 4.48 Å². The fourth-order valence-corrected chi connectivity index (χ4v) is 2.68. The van der Waals surface area contributed by atoms with Crippen molar-refractivity contribution in [1.29, 1.82) is 0 Å². The monoisotopic (exact) mass is 242 g/mol. The van der Waals surface area contributed by atoms with Gasteiger partial charge < -0.3 is 4.48 Å². The van der Waals surface area contributed by atoms with Crippen molar-refractivity contribution in [2.24, 2.45) is 11.8 Å². The molecule has 0 heterocycles. The minimum absolute atomic E-state index is 0.847. The first-order chi connectivity index (χ1) is 7.95. The van der Waals surface area contributed by atoms with Crippen LogP contribution in [0.2, 0.25) is 0 Å². The average Bonchev–Trinajstić information content (AvgIpc) is 2.24. The zero-order valence-corrected chi connectivity index (χ0v) is 13.3. The van der Waals surface area contributed by atoms with Crippen LogP contribution >= 0.6 is 0 Å². The van der Waals surface area contributed by atoms with Gasteiger partial charge in [-0.05, 0) is 37.5 Å². The molecule has 17 heavy (non-hydrogen) atoms. The van der Waals surface area contributed by atoms with E-state index < -0.39 is 0 Å². The molecule has 0 aromatic heterocycles. The Morgan fingerprint density at radius 1 is 0.647 bits per heavy atom. The highest BCUT2D eigenvalue weighted by atomic mass is 15.3. The second kappa shape index (κ2) is 8.97. The van der Waals surface area contributed by atoms with E-state index in [1.54, 1.807) is 0 Å². The Kier molecular flexibility index (Phi) is 8.94. The molecule has 0 aromatic carbocycles. The maximum atomic E-state index is 2.36. The van der Waals surface area contributed by atoms with Gasteiger partial charge in [-0.25, -0.2) is 0 Å². The van der Waals surface area contributed by atoms with E-state index in [2.05, 4.69) is 41.5 Å². The first-order valence-electron chi connectivity index (χ1n) is 7.81. The summed E-state index contributed by atoms with van der Waals surface area (Å²) in [6.07, 6.45) is 5.43. The Balaban J connectivity index is 4.47. The number of rotatable bonds is 10. The predicted octanol–water partition coefficient (Wildman–Crippen LogP) is 4.72. The van der Waals surface area contributed by atoms with Crippen molar-refractivity contribution in [3.05, 3.63) is 0 Å². The van der Waals surface area contributed by atoms with Crippen molar-refractivity contribution in [3.63, 3.8) is 0 Å². The third-order valence-corrected chi connectivity index (χ3v) is 3.76. The lowest BCUT2D eigenvalue weighted by atomic mass is 10.1. The van der Waals surface area contributed by atoms with E-state index in [9.17, 15) is 0 Å².